The van der Waals surface area contributed by atoms with Crippen molar-refractivity contribution >= 4 is 6.21 Å². The molecule has 0 spiro atoms. The summed E-state index contributed by atoms with van der Waals surface area (Å²) in [5.41, 5.74) is 0. The van der Waals surface area contributed by atoms with Crippen LogP contribution in [0.25, 0.3) is 0 Å². The summed E-state index contributed by atoms with van der Waals surface area (Å²) in [6.07, 6.45) is 4.85. The fourth-order valence-corrected chi connectivity index (χ4v) is 0.519. The normalized spacial score (nSPS) is 10.5. The minimum atomic E-state index is 0.640. The third-order valence-electron chi connectivity index (χ3n) is 0.939. The van der Waals surface area contributed by atoms with Gasteiger partial charge in [-0.05, 0) is 0 Å². The minimum absolute atomic E-state index is 0.640. The molecule has 54 valence electrons. The molecule has 0 aliphatic rings. The first-order valence-electron chi connectivity index (χ1n) is 2.81. The largest absolute Gasteiger partial charge is 0.399 e. The molecule has 0 aliphatic heterocycles. The van der Waals surface area contributed by atoms with Gasteiger partial charge in [0, 0.05) is 0 Å². The van der Waals surface area contributed by atoms with E-state index in [1.807, 2.05) is 0 Å². The molecular weight excluding hydrogens is 132 g/mol. The fraction of sp³-hybridized carbons (Fsp3) is 0.400. The molecule has 0 aliphatic carbocycles. The lowest BCUT2D eigenvalue weighted by atomic mass is 10.7. The maximum absolute atomic E-state index is 4.46. The van der Waals surface area contributed by atoms with Crippen LogP contribution < -0.4 is 0 Å². The summed E-state index contributed by atoms with van der Waals surface area (Å²) in [5, 5.41) is 10.8. The maximum Gasteiger partial charge on any atom is 0.119 e. The molecule has 0 saturated carbocycles. The van der Waals surface area contributed by atoms with Gasteiger partial charge >= 0.3 is 0 Å². The zero-order valence-corrected chi connectivity index (χ0v) is 5.64. The predicted molar refractivity (Wildman–Crippen MR) is 35.5 cm³/mol. The van der Waals surface area contributed by atoms with Crippen LogP contribution in [-0.2, 0) is 11.4 Å². The van der Waals surface area contributed by atoms with Gasteiger partial charge in [0.15, 0.2) is 0 Å². The molecule has 0 bridgehead atoms. The molecule has 0 amide bonds. The Kier molecular flexibility index (Phi) is 2.42. The van der Waals surface area contributed by atoms with E-state index < -0.39 is 0 Å². The van der Waals surface area contributed by atoms with Crippen LogP contribution in [0, 0.1) is 0 Å². The molecule has 1 rings (SSSR count). The van der Waals surface area contributed by atoms with E-state index in [2.05, 4.69) is 20.2 Å². The Morgan fingerprint density at radius 2 is 2.30 bits per heavy atom. The van der Waals surface area contributed by atoms with Gasteiger partial charge in [0.1, 0.15) is 19.8 Å². The zero-order chi connectivity index (χ0) is 7.23. The molecule has 1 heterocycles. The van der Waals surface area contributed by atoms with Gasteiger partial charge in [-0.3, -0.25) is 0 Å². The molecule has 0 unspecified atom stereocenters. The van der Waals surface area contributed by atoms with Crippen LogP contribution >= 0.6 is 0 Å². The number of nitrogens with zero attached hydrogens (tertiary/aromatic N) is 4. The fourth-order valence-electron chi connectivity index (χ4n) is 0.519. The highest BCUT2D eigenvalue weighted by Gasteiger charge is 1.83. The van der Waals surface area contributed by atoms with Crippen molar-refractivity contribution in [2.75, 3.05) is 7.11 Å². The zero-order valence-electron chi connectivity index (χ0n) is 5.64. The Balaban J connectivity index is 2.34. The molecule has 0 fully saturated rings. The number of oxime groups is 1. The van der Waals surface area contributed by atoms with Gasteiger partial charge in [0.25, 0.3) is 0 Å². The maximum atomic E-state index is 4.46. The number of rotatable bonds is 3. The van der Waals surface area contributed by atoms with Crippen LogP contribution in [0.15, 0.2) is 17.8 Å². The van der Waals surface area contributed by atoms with E-state index in [1.54, 1.807) is 23.4 Å². The van der Waals surface area contributed by atoms with Crippen LogP contribution in [0.2, 0.25) is 0 Å². The van der Waals surface area contributed by atoms with Crippen molar-refractivity contribution in [2.45, 2.75) is 6.54 Å². The summed E-state index contributed by atoms with van der Waals surface area (Å²) in [6.45, 7) is 0.640. The second-order valence-electron chi connectivity index (χ2n) is 1.63. The van der Waals surface area contributed by atoms with Crippen molar-refractivity contribution in [1.29, 1.82) is 0 Å². The molecule has 10 heavy (non-hydrogen) atoms. The van der Waals surface area contributed by atoms with Crippen LogP contribution in [0.5, 0.6) is 0 Å². The highest BCUT2D eigenvalue weighted by Crippen LogP contribution is 1.78. The second-order valence-corrected chi connectivity index (χ2v) is 1.63. The topological polar surface area (TPSA) is 52.3 Å². The van der Waals surface area contributed by atoms with Crippen molar-refractivity contribution in [3.8, 4) is 0 Å². The summed E-state index contributed by atoms with van der Waals surface area (Å²) >= 11 is 0. The van der Waals surface area contributed by atoms with Gasteiger partial charge in [-0.1, -0.05) is 5.16 Å². The number of aromatic nitrogens is 3. The molecule has 1 aromatic heterocycles. The third-order valence-corrected chi connectivity index (χ3v) is 0.939. The standard InChI is InChI=1S/C5H8N4O/c1-10-8-2-3-9-4-6-7-5-9/h2,4-5H,3H2,1H3. The molecule has 0 aromatic carbocycles. The Hall–Kier alpha value is -1.39. The van der Waals surface area contributed by atoms with Crippen molar-refractivity contribution in [2.24, 2.45) is 5.16 Å². The van der Waals surface area contributed by atoms with Crippen molar-refractivity contribution in [3.05, 3.63) is 12.7 Å². The van der Waals surface area contributed by atoms with Crippen LogP contribution in [0.1, 0.15) is 0 Å². The van der Waals surface area contributed by atoms with Gasteiger partial charge in [-0.2, -0.15) is 0 Å². The third kappa shape index (κ3) is 1.85. The summed E-state index contributed by atoms with van der Waals surface area (Å²) < 4.78 is 1.78. The molecule has 5 heteroatoms. The van der Waals surface area contributed by atoms with Crippen molar-refractivity contribution < 1.29 is 4.84 Å². The Labute approximate surface area is 58.3 Å². The Morgan fingerprint density at radius 1 is 1.60 bits per heavy atom. The van der Waals surface area contributed by atoms with E-state index in [0.717, 1.165) is 0 Å². The quantitative estimate of drug-likeness (QED) is 0.435. The smallest absolute Gasteiger partial charge is 0.119 e. The lowest BCUT2D eigenvalue weighted by molar-refractivity contribution is 0.214. The molecule has 1 aromatic rings. The molecule has 0 radical (unpaired) electrons. The lowest BCUT2D eigenvalue weighted by Gasteiger charge is -1.90. The van der Waals surface area contributed by atoms with Crippen molar-refractivity contribution in [3.63, 3.8) is 0 Å². The van der Waals surface area contributed by atoms with E-state index in [1.165, 1.54) is 7.11 Å². The van der Waals surface area contributed by atoms with Gasteiger partial charge in [-0.25, -0.2) is 0 Å². The summed E-state index contributed by atoms with van der Waals surface area (Å²) in [6, 6.07) is 0. The number of hydrogen-bond donors (Lipinski definition) is 0. The highest BCUT2D eigenvalue weighted by molar-refractivity contribution is 5.55. The van der Waals surface area contributed by atoms with Crippen molar-refractivity contribution in [1.82, 2.24) is 14.8 Å². The average Bonchev–Trinajstić information content (AvgIpc) is 2.41. The first kappa shape index (κ1) is 6.73. The number of hydrogen-bond acceptors (Lipinski definition) is 4. The van der Waals surface area contributed by atoms with Crippen LogP contribution in [0.4, 0.5) is 0 Å². The predicted octanol–water partition coefficient (Wildman–Crippen LogP) is -0.0897. The molecule has 0 N–H and O–H groups in total. The summed E-state index contributed by atoms with van der Waals surface area (Å²) in [7, 11) is 1.50. The van der Waals surface area contributed by atoms with Crippen LogP contribution in [-0.4, -0.2) is 28.1 Å². The second kappa shape index (κ2) is 3.60. The summed E-state index contributed by atoms with van der Waals surface area (Å²) in [5.74, 6) is 0. The van der Waals surface area contributed by atoms with Gasteiger partial charge < -0.3 is 9.40 Å². The molecule has 0 atom stereocenters. The van der Waals surface area contributed by atoms with E-state index in [9.17, 15) is 0 Å². The molecular formula is C5H8N4O. The van der Waals surface area contributed by atoms with Gasteiger partial charge in [0.05, 0.1) is 12.8 Å². The average molecular weight is 140 g/mol. The monoisotopic (exact) mass is 140 g/mol. The SMILES string of the molecule is CON=CCn1cnnc1. The van der Waals surface area contributed by atoms with E-state index in [-0.39, 0.29) is 0 Å². The Bertz CT molecular complexity index is 193. The summed E-state index contributed by atoms with van der Waals surface area (Å²) in [4.78, 5) is 4.46. The highest BCUT2D eigenvalue weighted by atomic mass is 16.6. The van der Waals surface area contributed by atoms with Gasteiger partial charge in [-0.15, -0.1) is 10.2 Å². The molecule has 5 nitrogen and oxygen atoms in total. The van der Waals surface area contributed by atoms with E-state index >= 15 is 0 Å². The van der Waals surface area contributed by atoms with E-state index in [4.69, 9.17) is 0 Å². The first-order chi connectivity index (χ1) is 4.93. The molecule has 0 saturated heterocycles. The van der Waals surface area contributed by atoms with E-state index in [0.29, 0.717) is 6.54 Å². The van der Waals surface area contributed by atoms with Gasteiger partial charge in [0.2, 0.25) is 0 Å². The minimum Gasteiger partial charge on any atom is -0.399 e. The lowest BCUT2D eigenvalue weighted by Crippen LogP contribution is -1.94. The van der Waals surface area contributed by atoms with Crippen LogP contribution in [0.3, 0.4) is 0 Å². The first-order valence-corrected chi connectivity index (χ1v) is 2.81. The Morgan fingerprint density at radius 3 is 2.90 bits per heavy atom.